The largest absolute Gasteiger partial charge is 0.379 e. The van der Waals surface area contributed by atoms with Gasteiger partial charge in [-0.3, -0.25) is 18.7 Å². The number of rotatable bonds is 11. The minimum absolute atomic E-state index is 0.0191. The third kappa shape index (κ3) is 15.5. The average molecular weight is 1460 g/mol. The molecule has 11 heterocycles. The average Bonchev–Trinajstić information content (AvgIpc) is 1.56. The van der Waals surface area contributed by atoms with Crippen molar-refractivity contribution in [3.8, 4) is 17.1 Å². The van der Waals surface area contributed by atoms with E-state index >= 15 is 0 Å². The van der Waals surface area contributed by atoms with E-state index in [0.717, 1.165) is 44.5 Å². The Bertz CT molecular complexity index is 5420. The van der Waals surface area contributed by atoms with Crippen LogP contribution in [0.3, 0.4) is 0 Å². The molecule has 0 radical (unpaired) electrons. The molecule has 17 rings (SSSR count). The number of nitrogens with zero attached hydrogens (tertiary/aromatic N) is 16. The van der Waals surface area contributed by atoms with Crippen molar-refractivity contribution < 1.29 is 49.0 Å². The van der Waals surface area contributed by atoms with Crippen LogP contribution in [0.25, 0.3) is 72.6 Å². The van der Waals surface area contributed by atoms with Gasteiger partial charge >= 0.3 is 0 Å². The molecule has 3 aliphatic heterocycles. The van der Waals surface area contributed by atoms with E-state index in [0.29, 0.717) is 141 Å². The summed E-state index contributed by atoms with van der Waals surface area (Å²) in [6.45, 7) is 6.72. The van der Waals surface area contributed by atoms with Crippen molar-refractivity contribution in [3.63, 3.8) is 0 Å². The highest BCUT2D eigenvalue weighted by Gasteiger charge is 2.24. The third-order valence-electron chi connectivity index (χ3n) is 15.6. The maximum atomic E-state index is 14.1. The number of benzene rings is 6. The highest BCUT2D eigenvalue weighted by Crippen LogP contribution is 2.32. The monoisotopic (exact) mass is 1460 g/mol. The first kappa shape index (κ1) is 69.5. The lowest BCUT2D eigenvalue weighted by Crippen LogP contribution is -2.37. The summed E-state index contributed by atoms with van der Waals surface area (Å²) in [5, 5.41) is 9.51. The van der Waals surface area contributed by atoms with Crippen LogP contribution < -0.4 is 26.6 Å². The fraction of sp³-hybridized carbons (Fsp3) is 0.182. The molecule has 2 saturated heterocycles. The number of imidazole rings is 5. The number of aromatic amines is 2. The number of fused-ring (bicyclic) bond motifs is 6. The molecular weight excluding hydrogens is 1410 g/mol. The molecule has 102 heavy (non-hydrogen) atoms. The minimum atomic E-state index is -1.02. The fourth-order valence-electron chi connectivity index (χ4n) is 10.7. The SMILES string of the molecule is C1COCCN1.Fc1cccc(-n2cnc3c(Cl)nc(Cl)nc32)c1.Fc1cccc(-n2cnc3c(NCc4nc5c(F)c(F)ccc5[nH]4)nc(Cl)nc32)c1.Fc1cccc(-n2cnc3c(NCc4nc5c(F)c(F)ccc5[nH]4)nc(N4CCOCC4)nc32)c1.NCC1=Nc2ccc(F)c(F)c2C1. The topological polar surface area (TPSA) is 284 Å². The lowest BCUT2D eigenvalue weighted by Gasteiger charge is -2.27. The molecule has 0 amide bonds. The Morgan fingerprint density at radius 2 is 0.941 bits per heavy atom. The Labute approximate surface area is 584 Å². The van der Waals surface area contributed by atoms with E-state index in [-0.39, 0.29) is 58.0 Å². The van der Waals surface area contributed by atoms with Crippen molar-refractivity contribution in [2.45, 2.75) is 19.5 Å². The second kappa shape index (κ2) is 30.9. The first-order valence-corrected chi connectivity index (χ1v) is 32.0. The van der Waals surface area contributed by atoms with Gasteiger partial charge in [0.05, 0.1) is 73.3 Å². The summed E-state index contributed by atoms with van der Waals surface area (Å²) in [6.07, 6.45) is 4.86. The van der Waals surface area contributed by atoms with Gasteiger partial charge in [-0.2, -0.15) is 24.9 Å². The zero-order valence-electron chi connectivity index (χ0n) is 52.7. The van der Waals surface area contributed by atoms with Crippen LogP contribution in [0.4, 0.5) is 62.8 Å². The fourth-order valence-corrected chi connectivity index (χ4v) is 11.3. The van der Waals surface area contributed by atoms with Crippen LogP contribution in [0.1, 0.15) is 17.2 Å². The highest BCUT2D eigenvalue weighted by molar-refractivity contribution is 6.35. The van der Waals surface area contributed by atoms with Crippen LogP contribution >= 0.6 is 34.8 Å². The summed E-state index contributed by atoms with van der Waals surface area (Å²) >= 11 is 17.7. The number of hydrogen-bond acceptors (Lipinski definition) is 19. The normalized spacial score (nSPS) is 13.4. The number of hydrogen-bond donors (Lipinski definition) is 6. The number of anilines is 3. The van der Waals surface area contributed by atoms with Crippen LogP contribution in [0.2, 0.25) is 15.7 Å². The second-order valence-electron chi connectivity index (χ2n) is 22.3. The zero-order chi connectivity index (χ0) is 71.1. The van der Waals surface area contributed by atoms with Crippen molar-refractivity contribution in [2.24, 2.45) is 10.7 Å². The van der Waals surface area contributed by atoms with Crippen molar-refractivity contribution in [1.29, 1.82) is 0 Å². The van der Waals surface area contributed by atoms with E-state index in [1.807, 2.05) is 4.90 Å². The number of nitrogens with one attached hydrogen (secondary N) is 5. The smallest absolute Gasteiger partial charge is 0.229 e. The molecule has 14 aromatic rings. The van der Waals surface area contributed by atoms with Gasteiger partial charge in [-0.1, -0.05) is 29.8 Å². The van der Waals surface area contributed by atoms with Crippen molar-refractivity contribution in [1.82, 2.24) is 83.8 Å². The van der Waals surface area contributed by atoms with Gasteiger partial charge in [0.25, 0.3) is 0 Å². The third-order valence-corrected chi connectivity index (χ3v) is 16.2. The van der Waals surface area contributed by atoms with Gasteiger partial charge in [-0.05, 0) is 114 Å². The number of ether oxygens (including phenoxy) is 2. The van der Waals surface area contributed by atoms with Crippen LogP contribution in [0.15, 0.2) is 133 Å². The van der Waals surface area contributed by atoms with E-state index in [9.17, 15) is 39.5 Å². The number of aliphatic imine (C=N–C) groups is 1. The Hall–Kier alpha value is -10.9. The quantitative estimate of drug-likeness (QED) is 0.0399. The molecule has 36 heteroatoms. The maximum absolute atomic E-state index is 14.1. The molecular formula is C66H52Cl3F9N22O2. The molecule has 8 aromatic heterocycles. The van der Waals surface area contributed by atoms with Gasteiger partial charge in [0, 0.05) is 50.4 Å². The lowest BCUT2D eigenvalue weighted by atomic mass is 10.1. The van der Waals surface area contributed by atoms with E-state index < -0.39 is 40.7 Å². The maximum Gasteiger partial charge on any atom is 0.229 e. The van der Waals surface area contributed by atoms with E-state index in [4.69, 9.17) is 55.0 Å². The predicted octanol–water partition coefficient (Wildman–Crippen LogP) is 12.4. The molecule has 0 saturated carbocycles. The summed E-state index contributed by atoms with van der Waals surface area (Å²) < 4.78 is 137. The van der Waals surface area contributed by atoms with Crippen molar-refractivity contribution in [2.75, 3.05) is 74.7 Å². The number of morpholine rings is 2. The number of H-pyrrole nitrogens is 2. The Morgan fingerprint density at radius 1 is 0.480 bits per heavy atom. The van der Waals surface area contributed by atoms with Crippen LogP contribution in [-0.4, -0.2) is 143 Å². The lowest BCUT2D eigenvalue weighted by molar-refractivity contribution is 0.109. The highest BCUT2D eigenvalue weighted by atomic mass is 35.5. The summed E-state index contributed by atoms with van der Waals surface area (Å²) in [7, 11) is 0. The summed E-state index contributed by atoms with van der Waals surface area (Å²) in [4.78, 5) is 58.6. The molecule has 3 aliphatic rings. The predicted molar refractivity (Wildman–Crippen MR) is 364 cm³/mol. The summed E-state index contributed by atoms with van der Waals surface area (Å²) in [6, 6.07) is 25.6. The number of aromatic nitrogens is 16. The van der Waals surface area contributed by atoms with Crippen molar-refractivity contribution >= 4 is 119 Å². The van der Waals surface area contributed by atoms with Crippen LogP contribution in [0.5, 0.6) is 0 Å². The molecule has 0 aliphatic carbocycles. The van der Waals surface area contributed by atoms with E-state index in [1.165, 1.54) is 67.3 Å². The Kier molecular flexibility index (Phi) is 21.1. The van der Waals surface area contributed by atoms with Crippen LogP contribution in [0, 0.1) is 52.4 Å². The Balaban J connectivity index is 0.000000124. The Morgan fingerprint density at radius 3 is 1.43 bits per heavy atom. The molecule has 522 valence electrons. The first-order valence-electron chi connectivity index (χ1n) is 30.9. The van der Waals surface area contributed by atoms with Gasteiger partial charge in [-0.15, -0.1) is 0 Å². The molecule has 0 unspecified atom stereocenters. The molecule has 7 N–H and O–H groups in total. The molecule has 0 bridgehead atoms. The van der Waals surface area contributed by atoms with Gasteiger partial charge < -0.3 is 46.0 Å². The van der Waals surface area contributed by atoms with E-state index in [2.05, 4.69) is 80.8 Å². The standard InChI is InChI=1S/C23H19F3N8O.C19H11ClF3N7.C11H5Cl2FN4.C9H8F2N2.C4H9NO/c24-13-2-1-3-14(10-13)34-12-28-20-21(31-23(32-22(20)34)33-6-8-35-9-7-33)27-11-17-29-16-5-4-15(25)18(26)19(16)30-17;20-19-28-17(24-7-13-26-12-5-4-11(22)14(23)15(12)27-13)16-18(29-19)30(8-25-16)10-3-1-2-9(21)6-10;12-9-8-10(17-11(13)16-9)18(5-15-8)7-3-1-2-6(14)4-7;10-7-1-2-8-6(9(7)11)3-5(4-12)13-8;1-3-6-4-2-5-1/h1-5,10,12H,6-9,11H2,(H,29,30)(H,27,31,32);1-6,8H,7H2,(H,26,27)(H,24,28,29);1-5H;1-2H,3-4,12H2;5H,1-4H2. The van der Waals surface area contributed by atoms with Gasteiger partial charge in [0.2, 0.25) is 16.5 Å². The number of halogens is 12. The molecule has 0 atom stereocenters. The molecule has 24 nitrogen and oxygen atoms in total. The van der Waals surface area contributed by atoms with Gasteiger partial charge in [0.15, 0.2) is 79.7 Å². The van der Waals surface area contributed by atoms with E-state index in [1.54, 1.807) is 56.4 Å². The zero-order valence-corrected chi connectivity index (χ0v) is 55.0. The summed E-state index contributed by atoms with van der Waals surface area (Å²) in [5.74, 6) is -4.73. The van der Waals surface area contributed by atoms with Crippen LogP contribution in [-0.2, 0) is 29.0 Å². The van der Waals surface area contributed by atoms with Gasteiger partial charge in [0.1, 0.15) is 64.6 Å². The minimum Gasteiger partial charge on any atom is -0.379 e. The molecule has 2 fully saturated rings. The number of nitrogens with two attached hydrogens (primary N) is 1. The second-order valence-corrected chi connectivity index (χ2v) is 23.3. The molecule has 6 aromatic carbocycles. The summed E-state index contributed by atoms with van der Waals surface area (Å²) in [5.41, 5.74) is 11.7. The molecule has 0 spiro atoms. The van der Waals surface area contributed by atoms with Gasteiger partial charge in [-0.25, -0.2) is 69.4 Å². The van der Waals surface area contributed by atoms with Crippen molar-refractivity contribution in [3.05, 3.63) is 213 Å². The first-order chi connectivity index (χ1) is 49.4.